The molecule has 2 nitrogen and oxygen atoms in total. The molecule has 0 heterocycles. The van der Waals surface area contributed by atoms with E-state index in [2.05, 4.69) is 5.32 Å². The zero-order valence-corrected chi connectivity index (χ0v) is 10.6. The molecule has 0 radical (unpaired) electrons. The number of alkyl halides is 6. The number of halogens is 6. The van der Waals surface area contributed by atoms with Gasteiger partial charge in [0, 0.05) is 6.54 Å². The summed E-state index contributed by atoms with van der Waals surface area (Å²) < 4.78 is 75.4. The summed E-state index contributed by atoms with van der Waals surface area (Å²) in [4.78, 5) is 0. The number of hydrogen-bond acceptors (Lipinski definition) is 2. The van der Waals surface area contributed by atoms with Gasteiger partial charge in [-0.1, -0.05) is 13.0 Å². The number of nitrogen functional groups attached to an aromatic ring is 1. The molecule has 0 aliphatic heterocycles. The first-order chi connectivity index (χ1) is 9.07. The molecule has 0 amide bonds. The molecule has 1 aromatic carbocycles. The van der Waals surface area contributed by atoms with Crippen molar-refractivity contribution in [1.29, 1.82) is 0 Å². The van der Waals surface area contributed by atoms with E-state index in [-0.39, 0.29) is 5.69 Å². The van der Waals surface area contributed by atoms with E-state index in [0.29, 0.717) is 18.3 Å². The summed E-state index contributed by atoms with van der Waals surface area (Å²) in [7, 11) is 0. The number of benzene rings is 1. The lowest BCUT2D eigenvalue weighted by Crippen LogP contribution is -2.34. The summed E-state index contributed by atoms with van der Waals surface area (Å²) >= 11 is 0. The van der Waals surface area contributed by atoms with Crippen molar-refractivity contribution in [2.75, 3.05) is 17.6 Å². The van der Waals surface area contributed by atoms with Crippen LogP contribution in [0.3, 0.4) is 0 Å². The second-order valence-electron chi connectivity index (χ2n) is 4.29. The molecule has 0 atom stereocenters. The van der Waals surface area contributed by atoms with Crippen LogP contribution < -0.4 is 11.1 Å². The first kappa shape index (κ1) is 16.5. The Bertz CT molecular complexity index is 438. The second kappa shape index (κ2) is 5.80. The Morgan fingerprint density at radius 3 is 2.05 bits per heavy atom. The molecular formula is C12H14F6N2. The summed E-state index contributed by atoms with van der Waals surface area (Å²) in [6.45, 7) is 2.38. The maximum Gasteiger partial charge on any atom is 0.404 e. The number of anilines is 2. The van der Waals surface area contributed by atoms with Gasteiger partial charge in [0.2, 0.25) is 0 Å². The van der Waals surface area contributed by atoms with Crippen LogP contribution in [0.5, 0.6) is 0 Å². The lowest BCUT2D eigenvalue weighted by molar-refractivity contribution is -0.253. The number of hydrogen-bond donors (Lipinski definition) is 2. The van der Waals surface area contributed by atoms with Crippen LogP contribution in [0.1, 0.15) is 24.8 Å². The van der Waals surface area contributed by atoms with Crippen LogP contribution in [0, 0.1) is 0 Å². The minimum absolute atomic E-state index is 0.144. The molecule has 0 bridgehead atoms. The normalized spacial score (nSPS) is 12.8. The SMILES string of the molecule is CCCNc1ccc(C(C(F)(F)F)C(F)(F)F)cc1N. The summed E-state index contributed by atoms with van der Waals surface area (Å²) in [6, 6.07) is 2.63. The van der Waals surface area contributed by atoms with E-state index >= 15 is 0 Å². The summed E-state index contributed by atoms with van der Waals surface area (Å²) in [5, 5.41) is 2.82. The van der Waals surface area contributed by atoms with Crippen LogP contribution in [0.2, 0.25) is 0 Å². The molecule has 0 fully saturated rings. The van der Waals surface area contributed by atoms with Gasteiger partial charge in [-0.3, -0.25) is 0 Å². The van der Waals surface area contributed by atoms with Crippen molar-refractivity contribution >= 4 is 11.4 Å². The third-order valence-electron chi connectivity index (χ3n) is 2.63. The van der Waals surface area contributed by atoms with Crippen molar-refractivity contribution in [3.05, 3.63) is 23.8 Å². The summed E-state index contributed by atoms with van der Waals surface area (Å²) in [6.07, 6.45) is -10.1. The van der Waals surface area contributed by atoms with E-state index in [4.69, 9.17) is 5.73 Å². The molecule has 0 saturated carbocycles. The van der Waals surface area contributed by atoms with Crippen molar-refractivity contribution < 1.29 is 26.3 Å². The van der Waals surface area contributed by atoms with Gasteiger partial charge in [-0.05, 0) is 24.1 Å². The monoisotopic (exact) mass is 300 g/mol. The Balaban J connectivity index is 3.14. The maximum atomic E-state index is 12.6. The Hall–Kier alpha value is -1.60. The van der Waals surface area contributed by atoms with E-state index in [1.807, 2.05) is 6.92 Å². The molecule has 0 spiro atoms. The third kappa shape index (κ3) is 3.94. The topological polar surface area (TPSA) is 38.0 Å². The summed E-state index contributed by atoms with van der Waals surface area (Å²) in [5.74, 6) is -3.53. The summed E-state index contributed by atoms with van der Waals surface area (Å²) in [5.41, 5.74) is 4.75. The number of nitrogens with one attached hydrogen (secondary N) is 1. The van der Waals surface area contributed by atoms with Gasteiger partial charge < -0.3 is 11.1 Å². The zero-order valence-electron chi connectivity index (χ0n) is 10.6. The van der Waals surface area contributed by atoms with Crippen LogP contribution in [0.25, 0.3) is 0 Å². The molecule has 1 rings (SSSR count). The molecule has 0 aliphatic carbocycles. The Kier molecular flexibility index (Phi) is 4.77. The van der Waals surface area contributed by atoms with Crippen LogP contribution in [0.4, 0.5) is 37.7 Å². The fraction of sp³-hybridized carbons (Fsp3) is 0.500. The van der Waals surface area contributed by atoms with E-state index in [1.165, 1.54) is 0 Å². The molecule has 0 saturated heterocycles. The van der Waals surface area contributed by atoms with Gasteiger partial charge in [-0.15, -0.1) is 0 Å². The fourth-order valence-corrected chi connectivity index (χ4v) is 1.74. The number of rotatable bonds is 4. The average Bonchev–Trinajstić information content (AvgIpc) is 2.24. The molecule has 20 heavy (non-hydrogen) atoms. The average molecular weight is 300 g/mol. The third-order valence-corrected chi connectivity index (χ3v) is 2.63. The first-order valence-electron chi connectivity index (χ1n) is 5.84. The Morgan fingerprint density at radius 1 is 1.10 bits per heavy atom. The highest BCUT2D eigenvalue weighted by molar-refractivity contribution is 5.67. The second-order valence-corrected chi connectivity index (χ2v) is 4.29. The van der Waals surface area contributed by atoms with Crippen molar-refractivity contribution in [3.63, 3.8) is 0 Å². The van der Waals surface area contributed by atoms with Gasteiger partial charge >= 0.3 is 12.4 Å². The molecule has 114 valence electrons. The van der Waals surface area contributed by atoms with E-state index < -0.39 is 23.8 Å². The highest BCUT2D eigenvalue weighted by Gasteiger charge is 2.57. The highest BCUT2D eigenvalue weighted by atomic mass is 19.4. The van der Waals surface area contributed by atoms with Crippen molar-refractivity contribution in [3.8, 4) is 0 Å². The predicted octanol–water partition coefficient (Wildman–Crippen LogP) is 4.30. The van der Waals surface area contributed by atoms with Crippen molar-refractivity contribution in [2.24, 2.45) is 0 Å². The van der Waals surface area contributed by atoms with Crippen LogP contribution in [-0.4, -0.2) is 18.9 Å². The minimum atomic E-state index is -5.41. The van der Waals surface area contributed by atoms with Gasteiger partial charge in [0.15, 0.2) is 5.92 Å². The standard InChI is InChI=1S/C12H14F6N2/c1-2-5-20-9-4-3-7(6-8(9)19)10(11(13,14)15)12(16,17)18/h3-4,6,10,20H,2,5,19H2,1H3. The lowest BCUT2D eigenvalue weighted by atomic mass is 9.97. The first-order valence-corrected chi connectivity index (χ1v) is 5.84. The predicted molar refractivity (Wildman–Crippen MR) is 64.5 cm³/mol. The van der Waals surface area contributed by atoms with E-state index in [9.17, 15) is 26.3 Å². The van der Waals surface area contributed by atoms with Crippen LogP contribution in [-0.2, 0) is 0 Å². The lowest BCUT2D eigenvalue weighted by Gasteiger charge is -2.24. The molecular weight excluding hydrogens is 286 g/mol. The van der Waals surface area contributed by atoms with Gasteiger partial charge in [-0.2, -0.15) is 26.3 Å². The minimum Gasteiger partial charge on any atom is -0.397 e. The fourth-order valence-electron chi connectivity index (χ4n) is 1.74. The van der Waals surface area contributed by atoms with Crippen LogP contribution >= 0.6 is 0 Å². The van der Waals surface area contributed by atoms with Gasteiger partial charge in [0.1, 0.15) is 0 Å². The molecule has 0 aliphatic rings. The smallest absolute Gasteiger partial charge is 0.397 e. The zero-order chi connectivity index (χ0) is 15.6. The van der Waals surface area contributed by atoms with E-state index in [1.54, 1.807) is 0 Å². The molecule has 8 heteroatoms. The number of nitrogens with two attached hydrogens (primary N) is 1. The highest BCUT2D eigenvalue weighted by Crippen LogP contribution is 2.47. The van der Waals surface area contributed by atoms with Gasteiger partial charge in [0.25, 0.3) is 0 Å². The van der Waals surface area contributed by atoms with E-state index in [0.717, 1.165) is 18.6 Å². The largest absolute Gasteiger partial charge is 0.404 e. The van der Waals surface area contributed by atoms with Crippen molar-refractivity contribution in [2.45, 2.75) is 31.6 Å². The Labute approximate surface area is 112 Å². The quantitative estimate of drug-likeness (QED) is 0.642. The van der Waals surface area contributed by atoms with Crippen molar-refractivity contribution in [1.82, 2.24) is 0 Å². The molecule has 1 aromatic rings. The Morgan fingerprint density at radius 2 is 1.65 bits per heavy atom. The molecule has 0 unspecified atom stereocenters. The molecule has 0 aromatic heterocycles. The van der Waals surface area contributed by atoms with Gasteiger partial charge in [-0.25, -0.2) is 0 Å². The van der Waals surface area contributed by atoms with Crippen LogP contribution in [0.15, 0.2) is 18.2 Å². The maximum absolute atomic E-state index is 12.6. The molecule has 3 N–H and O–H groups in total. The van der Waals surface area contributed by atoms with Gasteiger partial charge in [0.05, 0.1) is 11.4 Å².